The molecule has 0 aliphatic heterocycles. The van der Waals surface area contributed by atoms with Crippen LogP contribution < -0.4 is 11.5 Å². The number of fused-ring (bicyclic) bond motifs is 1. The Balaban J connectivity index is 1.85. The molecule has 1 aromatic heterocycles. The van der Waals surface area contributed by atoms with E-state index in [4.69, 9.17) is 11.5 Å². The van der Waals surface area contributed by atoms with Crippen LogP contribution in [0.3, 0.4) is 0 Å². The quantitative estimate of drug-likeness (QED) is 0.724. The first-order chi connectivity index (χ1) is 10.1. The summed E-state index contributed by atoms with van der Waals surface area (Å²) in [6.07, 6.45) is 0. The fourth-order valence-electron chi connectivity index (χ4n) is 2.18. The Morgan fingerprint density at radius 1 is 1.05 bits per heavy atom. The zero-order chi connectivity index (χ0) is 14.8. The van der Waals surface area contributed by atoms with Crippen molar-refractivity contribution in [2.24, 2.45) is 0 Å². The lowest BCUT2D eigenvalue weighted by Gasteiger charge is -2.06. The summed E-state index contributed by atoms with van der Waals surface area (Å²) in [6, 6.07) is 14.5. The van der Waals surface area contributed by atoms with E-state index in [1.54, 1.807) is 11.8 Å². The third-order valence-electron chi connectivity index (χ3n) is 3.20. The normalized spacial score (nSPS) is 10.9. The molecule has 106 valence electrons. The first-order valence-corrected chi connectivity index (χ1v) is 7.61. The molecule has 0 unspecified atom stereocenters. The van der Waals surface area contributed by atoms with E-state index >= 15 is 0 Å². The van der Waals surface area contributed by atoms with Gasteiger partial charge >= 0.3 is 0 Å². The van der Waals surface area contributed by atoms with Gasteiger partial charge in [0.1, 0.15) is 5.82 Å². The monoisotopic (exact) mass is 296 g/mol. The van der Waals surface area contributed by atoms with Crippen molar-refractivity contribution >= 4 is 34.4 Å². The molecule has 0 bridgehead atoms. The van der Waals surface area contributed by atoms with Gasteiger partial charge in [0.05, 0.1) is 5.52 Å². The Bertz CT molecular complexity index is 801. The van der Waals surface area contributed by atoms with Crippen LogP contribution in [-0.4, -0.2) is 9.97 Å². The summed E-state index contributed by atoms with van der Waals surface area (Å²) >= 11 is 1.80. The average molecular weight is 296 g/mol. The minimum atomic E-state index is 0.210. The van der Waals surface area contributed by atoms with E-state index in [2.05, 4.69) is 47.2 Å². The molecule has 4 nitrogen and oxygen atoms in total. The van der Waals surface area contributed by atoms with Crippen molar-refractivity contribution in [3.05, 3.63) is 53.6 Å². The average Bonchev–Trinajstić information content (AvgIpc) is 2.45. The largest absolute Gasteiger partial charge is 0.383 e. The summed E-state index contributed by atoms with van der Waals surface area (Å²) in [4.78, 5) is 9.46. The SMILES string of the molecule is Cc1cccc(SCc2ccc3nc(N)nc(N)c3c2)c1. The van der Waals surface area contributed by atoms with Crippen molar-refractivity contribution < 1.29 is 0 Å². The van der Waals surface area contributed by atoms with E-state index in [0.717, 1.165) is 16.7 Å². The first-order valence-electron chi connectivity index (χ1n) is 6.63. The molecule has 0 saturated carbocycles. The minimum Gasteiger partial charge on any atom is -0.383 e. The highest BCUT2D eigenvalue weighted by atomic mass is 32.2. The second kappa shape index (κ2) is 5.61. The Morgan fingerprint density at radius 3 is 2.71 bits per heavy atom. The summed E-state index contributed by atoms with van der Waals surface area (Å²) in [6.45, 7) is 2.10. The van der Waals surface area contributed by atoms with Crippen LogP contribution in [0.5, 0.6) is 0 Å². The van der Waals surface area contributed by atoms with E-state index in [0.29, 0.717) is 5.82 Å². The molecule has 1 heterocycles. The van der Waals surface area contributed by atoms with E-state index in [9.17, 15) is 0 Å². The van der Waals surface area contributed by atoms with Gasteiger partial charge in [-0.3, -0.25) is 0 Å². The maximum absolute atomic E-state index is 5.92. The van der Waals surface area contributed by atoms with Gasteiger partial charge in [0.2, 0.25) is 5.95 Å². The van der Waals surface area contributed by atoms with Gasteiger partial charge in [-0.05, 0) is 36.8 Å². The van der Waals surface area contributed by atoms with Crippen molar-refractivity contribution in [3.63, 3.8) is 0 Å². The van der Waals surface area contributed by atoms with E-state index < -0.39 is 0 Å². The van der Waals surface area contributed by atoms with Gasteiger partial charge in [0.15, 0.2) is 0 Å². The zero-order valence-electron chi connectivity index (χ0n) is 11.7. The van der Waals surface area contributed by atoms with Crippen molar-refractivity contribution in [2.45, 2.75) is 17.6 Å². The maximum Gasteiger partial charge on any atom is 0.222 e. The minimum absolute atomic E-state index is 0.210. The Kier molecular flexibility index (Phi) is 3.66. The van der Waals surface area contributed by atoms with Crippen molar-refractivity contribution in [1.82, 2.24) is 9.97 Å². The lowest BCUT2D eigenvalue weighted by atomic mass is 10.1. The number of nitrogen functional groups attached to an aromatic ring is 2. The van der Waals surface area contributed by atoms with E-state index in [-0.39, 0.29) is 5.95 Å². The predicted molar refractivity (Wildman–Crippen MR) is 89.1 cm³/mol. The molecule has 0 aliphatic carbocycles. The van der Waals surface area contributed by atoms with Gasteiger partial charge in [-0.2, -0.15) is 4.98 Å². The number of nitrogens with zero attached hydrogens (tertiary/aromatic N) is 2. The molecule has 21 heavy (non-hydrogen) atoms. The highest BCUT2D eigenvalue weighted by molar-refractivity contribution is 7.98. The van der Waals surface area contributed by atoms with Crippen LogP contribution in [0.4, 0.5) is 11.8 Å². The van der Waals surface area contributed by atoms with Gasteiger partial charge in [0, 0.05) is 16.0 Å². The summed E-state index contributed by atoms with van der Waals surface area (Å²) in [5, 5.41) is 0.853. The second-order valence-corrected chi connectivity index (χ2v) is 5.97. The lowest BCUT2D eigenvalue weighted by molar-refractivity contribution is 1.24. The molecule has 0 saturated heterocycles. The molecule has 2 aromatic carbocycles. The highest BCUT2D eigenvalue weighted by Gasteiger charge is 2.05. The molecule has 0 fully saturated rings. The number of rotatable bonds is 3. The fraction of sp³-hybridized carbons (Fsp3) is 0.125. The topological polar surface area (TPSA) is 77.8 Å². The van der Waals surface area contributed by atoms with Gasteiger partial charge in [-0.1, -0.05) is 23.8 Å². The van der Waals surface area contributed by atoms with Crippen molar-refractivity contribution in [1.29, 1.82) is 0 Å². The van der Waals surface area contributed by atoms with Gasteiger partial charge in [-0.25, -0.2) is 4.98 Å². The summed E-state index contributed by atoms with van der Waals surface area (Å²) in [5.74, 6) is 1.52. The van der Waals surface area contributed by atoms with Crippen LogP contribution >= 0.6 is 11.8 Å². The molecule has 5 heteroatoms. The van der Waals surface area contributed by atoms with Crippen LogP contribution in [0.15, 0.2) is 47.4 Å². The predicted octanol–water partition coefficient (Wildman–Crippen LogP) is 3.39. The number of thioether (sulfide) groups is 1. The Labute approximate surface area is 127 Å². The van der Waals surface area contributed by atoms with Crippen LogP contribution in [0, 0.1) is 6.92 Å². The third kappa shape index (κ3) is 3.08. The molecule has 3 rings (SSSR count). The molecule has 3 aromatic rings. The summed E-state index contributed by atoms with van der Waals surface area (Å²) in [5.41, 5.74) is 14.8. The summed E-state index contributed by atoms with van der Waals surface area (Å²) in [7, 11) is 0. The number of hydrogen-bond acceptors (Lipinski definition) is 5. The van der Waals surface area contributed by atoms with Crippen molar-refractivity contribution in [2.75, 3.05) is 11.5 Å². The van der Waals surface area contributed by atoms with Crippen molar-refractivity contribution in [3.8, 4) is 0 Å². The number of anilines is 2. The second-order valence-electron chi connectivity index (χ2n) is 4.92. The van der Waals surface area contributed by atoms with E-state index in [1.807, 2.05) is 12.1 Å². The van der Waals surface area contributed by atoms with Crippen LogP contribution in [0.25, 0.3) is 10.9 Å². The zero-order valence-corrected chi connectivity index (χ0v) is 12.5. The van der Waals surface area contributed by atoms with Crippen LogP contribution in [0.1, 0.15) is 11.1 Å². The van der Waals surface area contributed by atoms with Gasteiger partial charge in [0.25, 0.3) is 0 Å². The van der Waals surface area contributed by atoms with E-state index in [1.165, 1.54) is 16.0 Å². The molecular formula is C16H16N4S. The smallest absolute Gasteiger partial charge is 0.222 e. The Hall–Kier alpha value is -2.27. The molecule has 0 amide bonds. The third-order valence-corrected chi connectivity index (χ3v) is 4.27. The van der Waals surface area contributed by atoms with Gasteiger partial charge in [-0.15, -0.1) is 11.8 Å². The summed E-state index contributed by atoms with van der Waals surface area (Å²) < 4.78 is 0. The standard InChI is InChI=1S/C16H16N4S/c1-10-3-2-4-12(7-10)21-9-11-5-6-14-13(8-11)15(17)20-16(18)19-14/h2-8H,9H2,1H3,(H4,17,18,19,20). The van der Waals surface area contributed by atoms with Gasteiger partial charge < -0.3 is 11.5 Å². The molecule has 0 aliphatic rings. The molecule has 4 N–H and O–H groups in total. The Morgan fingerprint density at radius 2 is 1.90 bits per heavy atom. The number of nitrogens with two attached hydrogens (primary N) is 2. The number of aromatic nitrogens is 2. The first kappa shape index (κ1) is 13.7. The molecule has 0 spiro atoms. The molecule has 0 atom stereocenters. The van der Waals surface area contributed by atoms with Crippen LogP contribution in [0.2, 0.25) is 0 Å². The molecular weight excluding hydrogens is 280 g/mol. The highest BCUT2D eigenvalue weighted by Crippen LogP contribution is 2.26. The lowest BCUT2D eigenvalue weighted by Crippen LogP contribution is -2.00. The number of benzene rings is 2. The number of hydrogen-bond donors (Lipinski definition) is 2. The fourth-order valence-corrected chi connectivity index (χ4v) is 3.14. The van der Waals surface area contributed by atoms with Crippen LogP contribution in [-0.2, 0) is 5.75 Å². The maximum atomic E-state index is 5.92. The molecule has 0 radical (unpaired) electrons. The number of aryl methyl sites for hydroxylation is 1.